The van der Waals surface area contributed by atoms with Gasteiger partial charge in [0, 0.05) is 39.6 Å². The molecule has 50 heavy (non-hydrogen) atoms. The van der Waals surface area contributed by atoms with E-state index in [9.17, 15) is 0 Å². The lowest BCUT2D eigenvalue weighted by Gasteiger charge is -2.26. The first-order valence-corrected chi connectivity index (χ1v) is 17.0. The van der Waals surface area contributed by atoms with Crippen molar-refractivity contribution in [2.45, 2.75) is 0 Å². The van der Waals surface area contributed by atoms with Crippen molar-refractivity contribution in [1.82, 2.24) is 9.55 Å². The van der Waals surface area contributed by atoms with Crippen molar-refractivity contribution in [3.8, 4) is 39.2 Å². The number of fused-ring (bicyclic) bond motifs is 3. The van der Waals surface area contributed by atoms with E-state index in [0.29, 0.717) is 0 Å². The third kappa shape index (κ3) is 5.32. The molecule has 0 saturated carbocycles. The molecule has 0 atom stereocenters. The fraction of sp³-hybridized carbons (Fsp3) is 0. The SMILES string of the molecule is c1ccc(-c2ccc(-c3ccc(N(c4ccccc4)c4cccc5c4c4ccccc4n5-c4ccc(-c5ccccn5)cc4)cc3)cc2)cc1. The summed E-state index contributed by atoms with van der Waals surface area (Å²) in [6.45, 7) is 0. The molecule has 0 spiro atoms. The van der Waals surface area contributed by atoms with Crippen LogP contribution in [0.1, 0.15) is 0 Å². The zero-order valence-electron chi connectivity index (χ0n) is 27.4. The van der Waals surface area contributed by atoms with Crippen LogP contribution in [0.4, 0.5) is 17.1 Å². The molecule has 0 aliphatic heterocycles. The van der Waals surface area contributed by atoms with Crippen molar-refractivity contribution in [1.29, 1.82) is 0 Å². The highest BCUT2D eigenvalue weighted by Crippen LogP contribution is 2.44. The molecule has 0 fully saturated rings. The molecule has 9 rings (SSSR count). The molecule has 3 nitrogen and oxygen atoms in total. The van der Waals surface area contributed by atoms with E-state index in [1.807, 2.05) is 24.4 Å². The van der Waals surface area contributed by atoms with Gasteiger partial charge in [0.2, 0.25) is 0 Å². The van der Waals surface area contributed by atoms with Crippen LogP contribution in [0.25, 0.3) is 61.0 Å². The Morgan fingerprint density at radius 2 is 0.920 bits per heavy atom. The van der Waals surface area contributed by atoms with E-state index in [1.165, 1.54) is 38.5 Å². The van der Waals surface area contributed by atoms with Crippen LogP contribution in [0.3, 0.4) is 0 Å². The molecule has 236 valence electrons. The smallest absolute Gasteiger partial charge is 0.0701 e. The van der Waals surface area contributed by atoms with E-state index < -0.39 is 0 Å². The first kappa shape index (κ1) is 29.4. The fourth-order valence-corrected chi connectivity index (χ4v) is 7.07. The number of nitrogens with zero attached hydrogens (tertiary/aromatic N) is 3. The maximum Gasteiger partial charge on any atom is 0.0701 e. The molecule has 0 aliphatic carbocycles. The Kier molecular flexibility index (Phi) is 7.49. The summed E-state index contributed by atoms with van der Waals surface area (Å²) in [7, 11) is 0. The summed E-state index contributed by atoms with van der Waals surface area (Å²) >= 11 is 0. The number of para-hydroxylation sites is 2. The van der Waals surface area contributed by atoms with Crippen LogP contribution in [-0.4, -0.2) is 9.55 Å². The van der Waals surface area contributed by atoms with Gasteiger partial charge in [-0.15, -0.1) is 0 Å². The molecule has 9 aromatic rings. The summed E-state index contributed by atoms with van der Waals surface area (Å²) in [5, 5.41) is 2.42. The number of rotatable bonds is 7. The van der Waals surface area contributed by atoms with Crippen LogP contribution in [-0.2, 0) is 0 Å². The number of hydrogen-bond acceptors (Lipinski definition) is 2. The fourth-order valence-electron chi connectivity index (χ4n) is 7.07. The Labute approximate surface area is 292 Å². The minimum absolute atomic E-state index is 0.970. The molecule has 0 saturated heterocycles. The van der Waals surface area contributed by atoms with E-state index in [4.69, 9.17) is 0 Å². The predicted octanol–water partition coefficient (Wildman–Crippen LogP) is 12.6. The maximum absolute atomic E-state index is 4.55. The molecular weight excluding hydrogens is 607 g/mol. The Hall–Kier alpha value is -6.71. The summed E-state index contributed by atoms with van der Waals surface area (Å²) in [6, 6.07) is 69.1. The monoisotopic (exact) mass is 639 g/mol. The number of pyridine rings is 1. The second-order valence-corrected chi connectivity index (χ2v) is 12.4. The van der Waals surface area contributed by atoms with Crippen molar-refractivity contribution >= 4 is 38.9 Å². The molecule has 2 aromatic heterocycles. The van der Waals surface area contributed by atoms with Crippen LogP contribution in [0.15, 0.2) is 200 Å². The number of anilines is 3. The highest BCUT2D eigenvalue weighted by atomic mass is 15.1. The molecule has 0 radical (unpaired) electrons. The van der Waals surface area contributed by atoms with Crippen molar-refractivity contribution in [3.05, 3.63) is 200 Å². The lowest BCUT2D eigenvalue weighted by atomic mass is 10.00. The van der Waals surface area contributed by atoms with Crippen LogP contribution in [0, 0.1) is 0 Å². The van der Waals surface area contributed by atoms with Gasteiger partial charge in [0.1, 0.15) is 0 Å². The van der Waals surface area contributed by atoms with Gasteiger partial charge in [-0.3, -0.25) is 4.98 Å². The minimum atomic E-state index is 0.970. The minimum Gasteiger partial charge on any atom is -0.310 e. The molecule has 7 aromatic carbocycles. The van der Waals surface area contributed by atoms with Gasteiger partial charge in [-0.1, -0.05) is 127 Å². The molecule has 0 unspecified atom stereocenters. The first-order chi connectivity index (χ1) is 24.8. The predicted molar refractivity (Wildman–Crippen MR) is 210 cm³/mol. The molecule has 3 heteroatoms. The zero-order chi connectivity index (χ0) is 33.3. The maximum atomic E-state index is 4.55. The highest BCUT2D eigenvalue weighted by Gasteiger charge is 2.21. The molecular formula is C47H33N3. The van der Waals surface area contributed by atoms with Crippen LogP contribution >= 0.6 is 0 Å². The van der Waals surface area contributed by atoms with Gasteiger partial charge in [0.15, 0.2) is 0 Å². The van der Waals surface area contributed by atoms with E-state index in [-0.39, 0.29) is 0 Å². The largest absolute Gasteiger partial charge is 0.310 e. The van der Waals surface area contributed by atoms with Crippen molar-refractivity contribution < 1.29 is 0 Å². The van der Waals surface area contributed by atoms with Gasteiger partial charge in [-0.05, 0) is 89.0 Å². The van der Waals surface area contributed by atoms with Gasteiger partial charge in [-0.2, -0.15) is 0 Å². The summed E-state index contributed by atoms with van der Waals surface area (Å²) in [6.07, 6.45) is 1.84. The first-order valence-electron chi connectivity index (χ1n) is 17.0. The van der Waals surface area contributed by atoms with E-state index in [2.05, 4.69) is 190 Å². The molecule has 0 bridgehead atoms. The molecule has 0 N–H and O–H groups in total. The van der Waals surface area contributed by atoms with Crippen LogP contribution in [0.2, 0.25) is 0 Å². The Bertz CT molecular complexity index is 2540. The standard InChI is InChI=1S/C47H33N3/c1-3-12-34(13-4-1)35-21-23-36(24-22-35)37-25-29-40(30-26-37)49(39-14-5-2-6-15-39)45-19-11-20-46-47(45)42-16-7-8-18-44(42)50(46)41-31-27-38(28-32-41)43-17-9-10-33-48-43/h1-33H. The average Bonchev–Trinajstić information content (AvgIpc) is 3.55. The Morgan fingerprint density at radius 3 is 1.60 bits per heavy atom. The summed E-state index contributed by atoms with van der Waals surface area (Å²) in [5.41, 5.74) is 13.7. The third-order valence-electron chi connectivity index (χ3n) is 9.47. The molecule has 2 heterocycles. The number of aromatic nitrogens is 2. The van der Waals surface area contributed by atoms with Crippen LogP contribution in [0.5, 0.6) is 0 Å². The molecule has 0 amide bonds. The van der Waals surface area contributed by atoms with Crippen LogP contribution < -0.4 is 4.90 Å². The zero-order valence-corrected chi connectivity index (χ0v) is 27.4. The topological polar surface area (TPSA) is 21.1 Å². The van der Waals surface area contributed by atoms with E-state index in [1.54, 1.807) is 0 Å². The summed E-state index contributed by atoms with van der Waals surface area (Å²) < 4.78 is 2.38. The second-order valence-electron chi connectivity index (χ2n) is 12.4. The van der Waals surface area contributed by atoms with Crippen molar-refractivity contribution in [3.63, 3.8) is 0 Å². The third-order valence-corrected chi connectivity index (χ3v) is 9.47. The molecule has 0 aliphatic rings. The van der Waals surface area contributed by atoms with Gasteiger partial charge in [-0.25, -0.2) is 0 Å². The van der Waals surface area contributed by atoms with Gasteiger partial charge >= 0.3 is 0 Å². The quantitative estimate of drug-likeness (QED) is 0.173. The number of benzene rings is 7. The van der Waals surface area contributed by atoms with Gasteiger partial charge < -0.3 is 9.47 Å². The normalized spacial score (nSPS) is 11.2. The lowest BCUT2D eigenvalue weighted by Crippen LogP contribution is -2.10. The summed E-state index contributed by atoms with van der Waals surface area (Å²) in [4.78, 5) is 6.94. The second kappa shape index (κ2) is 12.7. The van der Waals surface area contributed by atoms with E-state index >= 15 is 0 Å². The Morgan fingerprint density at radius 1 is 0.380 bits per heavy atom. The Balaban J connectivity index is 1.15. The van der Waals surface area contributed by atoms with Crippen molar-refractivity contribution in [2.75, 3.05) is 4.90 Å². The average molecular weight is 640 g/mol. The van der Waals surface area contributed by atoms with Crippen molar-refractivity contribution in [2.24, 2.45) is 0 Å². The van der Waals surface area contributed by atoms with Gasteiger partial charge in [0.25, 0.3) is 0 Å². The lowest BCUT2D eigenvalue weighted by molar-refractivity contribution is 1.18. The number of hydrogen-bond donors (Lipinski definition) is 0. The van der Waals surface area contributed by atoms with Gasteiger partial charge in [0.05, 0.1) is 22.4 Å². The highest BCUT2D eigenvalue weighted by molar-refractivity contribution is 6.16. The van der Waals surface area contributed by atoms with E-state index in [0.717, 1.165) is 39.5 Å². The summed E-state index contributed by atoms with van der Waals surface area (Å²) in [5.74, 6) is 0.